The molecule has 0 saturated carbocycles. The first kappa shape index (κ1) is 18.6. The summed E-state index contributed by atoms with van der Waals surface area (Å²) in [7, 11) is 0. The number of piperidine rings is 1. The fraction of sp³-hybridized carbons (Fsp3) is 0.423. The quantitative estimate of drug-likeness (QED) is 0.633. The van der Waals surface area contributed by atoms with Crippen LogP contribution in [0.25, 0.3) is 11.4 Å². The van der Waals surface area contributed by atoms with Crippen molar-refractivity contribution in [3.8, 4) is 11.4 Å². The standard InChI is InChI=1S/C26H31N3/c1-3-8-20(9-4-1)18-21-14-16-29(17-15-21)19-23-12-7-13-24-25(23)28-26(27-24)22-10-5-2-6-11-22/h1-6,8-11,21,23H,7,12-19H2,(H,27,28). The Morgan fingerprint density at radius 2 is 1.62 bits per heavy atom. The smallest absolute Gasteiger partial charge is 0.137 e. The molecule has 1 aliphatic carbocycles. The number of nitrogens with zero attached hydrogens (tertiary/aromatic N) is 2. The third-order valence-electron chi connectivity index (χ3n) is 6.79. The van der Waals surface area contributed by atoms with Crippen LogP contribution in [-0.2, 0) is 12.8 Å². The summed E-state index contributed by atoms with van der Waals surface area (Å²) in [4.78, 5) is 11.3. The van der Waals surface area contributed by atoms with Crippen molar-refractivity contribution in [2.75, 3.05) is 19.6 Å². The molecule has 1 N–H and O–H groups in total. The number of rotatable bonds is 5. The van der Waals surface area contributed by atoms with Crippen LogP contribution in [0.1, 0.15) is 48.6 Å². The Labute approximate surface area is 174 Å². The number of aryl methyl sites for hydroxylation is 1. The predicted molar refractivity (Wildman–Crippen MR) is 119 cm³/mol. The zero-order valence-electron chi connectivity index (χ0n) is 17.2. The summed E-state index contributed by atoms with van der Waals surface area (Å²) in [6.07, 6.45) is 7.56. The SMILES string of the molecule is c1ccc(CC2CCN(CC3CCCc4nc(-c5ccccc5)[nH]c43)CC2)cc1. The molecule has 3 aromatic rings. The van der Waals surface area contributed by atoms with Crippen molar-refractivity contribution >= 4 is 0 Å². The van der Waals surface area contributed by atoms with E-state index in [0.29, 0.717) is 5.92 Å². The number of benzene rings is 2. The molecule has 1 unspecified atom stereocenters. The molecule has 5 rings (SSSR count). The predicted octanol–water partition coefficient (Wildman–Crippen LogP) is 5.45. The van der Waals surface area contributed by atoms with Gasteiger partial charge in [-0.05, 0) is 63.1 Å². The Bertz CT molecular complexity index is 908. The Balaban J connectivity index is 1.21. The second-order valence-corrected chi connectivity index (χ2v) is 8.83. The van der Waals surface area contributed by atoms with Crippen LogP contribution < -0.4 is 0 Å². The molecule has 3 heteroatoms. The first-order valence-electron chi connectivity index (χ1n) is 11.3. The number of nitrogens with one attached hydrogen (secondary N) is 1. The molecule has 1 fully saturated rings. The first-order chi connectivity index (χ1) is 14.3. The molecule has 3 nitrogen and oxygen atoms in total. The Hall–Kier alpha value is -2.39. The van der Waals surface area contributed by atoms with Crippen LogP contribution in [0.2, 0.25) is 0 Å². The van der Waals surface area contributed by atoms with E-state index in [9.17, 15) is 0 Å². The molecular weight excluding hydrogens is 354 g/mol. The van der Waals surface area contributed by atoms with Crippen LogP contribution in [0, 0.1) is 5.92 Å². The summed E-state index contributed by atoms with van der Waals surface area (Å²) < 4.78 is 0. The zero-order chi connectivity index (χ0) is 19.5. The van der Waals surface area contributed by atoms with Crippen LogP contribution in [0.3, 0.4) is 0 Å². The lowest BCUT2D eigenvalue weighted by molar-refractivity contribution is 0.170. The lowest BCUT2D eigenvalue weighted by Crippen LogP contribution is -2.37. The van der Waals surface area contributed by atoms with Gasteiger partial charge in [-0.15, -0.1) is 0 Å². The van der Waals surface area contributed by atoms with Crippen LogP contribution in [0.15, 0.2) is 60.7 Å². The van der Waals surface area contributed by atoms with Gasteiger partial charge in [0.05, 0.1) is 5.69 Å². The molecule has 0 bridgehead atoms. The minimum atomic E-state index is 0.606. The van der Waals surface area contributed by atoms with Crippen molar-refractivity contribution < 1.29 is 0 Å². The van der Waals surface area contributed by atoms with Crippen LogP contribution in [0.5, 0.6) is 0 Å². The molecule has 1 saturated heterocycles. The van der Waals surface area contributed by atoms with Crippen LogP contribution in [0.4, 0.5) is 0 Å². The number of imidazole rings is 1. The van der Waals surface area contributed by atoms with Gasteiger partial charge < -0.3 is 9.88 Å². The highest BCUT2D eigenvalue weighted by Gasteiger charge is 2.28. The number of hydrogen-bond donors (Lipinski definition) is 1. The summed E-state index contributed by atoms with van der Waals surface area (Å²) in [5.41, 5.74) is 5.40. The van der Waals surface area contributed by atoms with Gasteiger partial charge in [0.15, 0.2) is 0 Å². The summed E-state index contributed by atoms with van der Waals surface area (Å²) >= 11 is 0. The largest absolute Gasteiger partial charge is 0.341 e. The van der Waals surface area contributed by atoms with Crippen molar-refractivity contribution in [1.82, 2.24) is 14.9 Å². The molecule has 0 amide bonds. The Morgan fingerprint density at radius 3 is 2.38 bits per heavy atom. The van der Waals surface area contributed by atoms with Gasteiger partial charge in [-0.25, -0.2) is 4.98 Å². The van der Waals surface area contributed by atoms with Gasteiger partial charge in [0.25, 0.3) is 0 Å². The van der Waals surface area contributed by atoms with Gasteiger partial charge in [-0.3, -0.25) is 0 Å². The zero-order valence-corrected chi connectivity index (χ0v) is 17.2. The molecule has 29 heavy (non-hydrogen) atoms. The second kappa shape index (κ2) is 8.54. The Kier molecular flexibility index (Phi) is 5.49. The summed E-state index contributed by atoms with van der Waals surface area (Å²) in [6, 6.07) is 21.5. The molecule has 2 aliphatic rings. The highest BCUT2D eigenvalue weighted by Crippen LogP contribution is 2.34. The average Bonchev–Trinajstić information content (AvgIpc) is 3.22. The van der Waals surface area contributed by atoms with Crippen molar-refractivity contribution in [1.29, 1.82) is 0 Å². The first-order valence-corrected chi connectivity index (χ1v) is 11.3. The van der Waals surface area contributed by atoms with E-state index in [-0.39, 0.29) is 0 Å². The molecular formula is C26H31N3. The molecule has 1 aliphatic heterocycles. The number of aromatic amines is 1. The minimum Gasteiger partial charge on any atom is -0.341 e. The number of fused-ring (bicyclic) bond motifs is 1. The minimum absolute atomic E-state index is 0.606. The number of H-pyrrole nitrogens is 1. The highest BCUT2D eigenvalue weighted by molar-refractivity contribution is 5.56. The third kappa shape index (κ3) is 4.30. The van der Waals surface area contributed by atoms with E-state index in [2.05, 4.69) is 70.5 Å². The summed E-state index contributed by atoms with van der Waals surface area (Å²) in [5, 5.41) is 0. The molecule has 1 aromatic heterocycles. The van der Waals surface area contributed by atoms with Crippen molar-refractivity contribution in [2.24, 2.45) is 5.92 Å². The maximum atomic E-state index is 4.95. The topological polar surface area (TPSA) is 31.9 Å². The number of aromatic nitrogens is 2. The molecule has 2 aromatic carbocycles. The highest BCUT2D eigenvalue weighted by atomic mass is 15.1. The molecule has 0 radical (unpaired) electrons. The van der Waals surface area contributed by atoms with E-state index in [0.717, 1.165) is 18.2 Å². The van der Waals surface area contributed by atoms with Gasteiger partial charge >= 0.3 is 0 Å². The summed E-state index contributed by atoms with van der Waals surface area (Å²) in [5.74, 6) is 2.49. The van der Waals surface area contributed by atoms with Crippen LogP contribution >= 0.6 is 0 Å². The molecule has 1 atom stereocenters. The number of hydrogen-bond acceptors (Lipinski definition) is 2. The third-order valence-corrected chi connectivity index (χ3v) is 6.79. The fourth-order valence-electron chi connectivity index (χ4n) is 5.16. The van der Waals surface area contributed by atoms with Gasteiger partial charge in [0, 0.05) is 23.7 Å². The van der Waals surface area contributed by atoms with E-state index in [1.807, 2.05) is 0 Å². The van der Waals surface area contributed by atoms with Gasteiger partial charge in [-0.1, -0.05) is 60.7 Å². The van der Waals surface area contributed by atoms with Crippen molar-refractivity contribution in [3.63, 3.8) is 0 Å². The maximum Gasteiger partial charge on any atom is 0.137 e. The average molecular weight is 386 g/mol. The van der Waals surface area contributed by atoms with Crippen molar-refractivity contribution in [2.45, 2.75) is 44.4 Å². The fourth-order valence-corrected chi connectivity index (χ4v) is 5.16. The normalized spacial score (nSPS) is 20.5. The lowest BCUT2D eigenvalue weighted by atomic mass is 9.87. The lowest BCUT2D eigenvalue weighted by Gasteiger charge is -2.35. The molecule has 0 spiro atoms. The van der Waals surface area contributed by atoms with Gasteiger partial charge in [0.2, 0.25) is 0 Å². The van der Waals surface area contributed by atoms with Gasteiger partial charge in [-0.2, -0.15) is 0 Å². The Morgan fingerprint density at radius 1 is 0.897 bits per heavy atom. The van der Waals surface area contributed by atoms with Crippen LogP contribution in [-0.4, -0.2) is 34.5 Å². The second-order valence-electron chi connectivity index (χ2n) is 8.83. The monoisotopic (exact) mass is 385 g/mol. The molecule has 150 valence electrons. The number of likely N-dealkylation sites (tertiary alicyclic amines) is 1. The van der Waals surface area contributed by atoms with E-state index in [1.54, 1.807) is 0 Å². The van der Waals surface area contributed by atoms with E-state index in [1.165, 1.54) is 74.3 Å². The molecule has 2 heterocycles. The summed E-state index contributed by atoms with van der Waals surface area (Å²) in [6.45, 7) is 3.66. The maximum absolute atomic E-state index is 4.95. The van der Waals surface area contributed by atoms with E-state index < -0.39 is 0 Å². The van der Waals surface area contributed by atoms with E-state index in [4.69, 9.17) is 4.98 Å². The van der Waals surface area contributed by atoms with Crippen molar-refractivity contribution in [3.05, 3.63) is 77.6 Å². The van der Waals surface area contributed by atoms with Gasteiger partial charge in [0.1, 0.15) is 5.82 Å². The van der Waals surface area contributed by atoms with E-state index >= 15 is 0 Å².